The molecular weight excluding hydrogens is 514 g/mol. The maximum atomic E-state index is 13.2. The molecule has 0 aliphatic carbocycles. The van der Waals surface area contributed by atoms with E-state index in [1.807, 2.05) is 29.2 Å². The summed E-state index contributed by atoms with van der Waals surface area (Å²) in [7, 11) is 0. The van der Waals surface area contributed by atoms with Crippen LogP contribution in [-0.4, -0.2) is 76.5 Å². The normalized spacial score (nSPS) is 20.6. The number of alkyl carbamates (subject to hydrolysis) is 1. The third-order valence-corrected chi connectivity index (χ3v) is 7.00. The monoisotopic (exact) mass is 553 g/mol. The number of amides is 2. The number of piperazine rings is 1. The summed E-state index contributed by atoms with van der Waals surface area (Å²) in [6.45, 7) is 12.4. The number of ether oxygens (including phenoxy) is 3. The van der Waals surface area contributed by atoms with E-state index in [1.165, 1.54) is 5.56 Å². The highest BCUT2D eigenvalue weighted by molar-refractivity contribution is 5.79. The molecule has 1 saturated heterocycles. The van der Waals surface area contributed by atoms with Crippen LogP contribution >= 0.6 is 0 Å². The van der Waals surface area contributed by atoms with Crippen LogP contribution in [0.2, 0.25) is 0 Å². The van der Waals surface area contributed by atoms with Crippen LogP contribution < -0.4 is 10.1 Å². The van der Waals surface area contributed by atoms with Crippen molar-refractivity contribution in [1.29, 1.82) is 0 Å². The summed E-state index contributed by atoms with van der Waals surface area (Å²) >= 11 is 0. The van der Waals surface area contributed by atoms with E-state index in [9.17, 15) is 19.5 Å². The molecule has 2 heterocycles. The first-order valence-corrected chi connectivity index (χ1v) is 13.6. The van der Waals surface area contributed by atoms with E-state index >= 15 is 0 Å². The molecule has 0 spiro atoms. The van der Waals surface area contributed by atoms with Crippen molar-refractivity contribution in [2.75, 3.05) is 26.2 Å². The average Bonchev–Trinajstić information content (AvgIpc) is 2.86. The summed E-state index contributed by atoms with van der Waals surface area (Å²) < 4.78 is 16.8. The molecule has 0 bridgehead atoms. The number of nitrogens with one attached hydrogen (secondary N) is 1. The number of carboxylic acid groups (broad SMARTS) is 1. The maximum absolute atomic E-state index is 13.2. The minimum atomic E-state index is -1.49. The average molecular weight is 554 g/mol. The van der Waals surface area contributed by atoms with Gasteiger partial charge in [-0.1, -0.05) is 36.4 Å². The first kappa shape index (κ1) is 29.2. The summed E-state index contributed by atoms with van der Waals surface area (Å²) in [5, 5.41) is 12.2. The van der Waals surface area contributed by atoms with Gasteiger partial charge in [-0.2, -0.15) is 0 Å². The number of carbonyl (C=O) groups is 3. The van der Waals surface area contributed by atoms with Crippen molar-refractivity contribution in [2.24, 2.45) is 0 Å². The lowest BCUT2D eigenvalue weighted by atomic mass is 9.85. The zero-order chi connectivity index (χ0) is 29.1. The lowest BCUT2D eigenvalue weighted by Gasteiger charge is -2.43. The Labute approximate surface area is 235 Å². The highest BCUT2D eigenvalue weighted by atomic mass is 16.7. The lowest BCUT2D eigenvalue weighted by Crippen LogP contribution is -2.55. The summed E-state index contributed by atoms with van der Waals surface area (Å²) in [5.74, 6) is 0.480. The van der Waals surface area contributed by atoms with Gasteiger partial charge in [-0.25, -0.2) is 9.59 Å². The van der Waals surface area contributed by atoms with E-state index in [1.54, 1.807) is 46.8 Å². The van der Waals surface area contributed by atoms with Crippen molar-refractivity contribution in [3.05, 3.63) is 65.2 Å². The Morgan fingerprint density at radius 2 is 1.70 bits per heavy atom. The van der Waals surface area contributed by atoms with Crippen LogP contribution in [-0.2, 0) is 27.2 Å². The number of fused-ring (bicyclic) bond motifs is 1. The molecule has 0 saturated carbocycles. The van der Waals surface area contributed by atoms with Gasteiger partial charge in [0.2, 0.25) is 5.91 Å². The van der Waals surface area contributed by atoms with Crippen molar-refractivity contribution in [3.8, 4) is 5.75 Å². The minimum Gasteiger partial charge on any atom is -0.484 e. The highest BCUT2D eigenvalue weighted by Crippen LogP contribution is 2.42. The quantitative estimate of drug-likeness (QED) is 0.507. The Hall–Kier alpha value is -3.79. The van der Waals surface area contributed by atoms with Crippen LogP contribution in [0.4, 0.5) is 9.59 Å². The van der Waals surface area contributed by atoms with Gasteiger partial charge in [0.25, 0.3) is 0 Å². The number of carbonyl (C=O) groups excluding carboxylic acids is 2. The van der Waals surface area contributed by atoms with Crippen molar-refractivity contribution < 1.29 is 33.7 Å². The number of hydrogen-bond donors (Lipinski definition) is 2. The molecule has 2 atom stereocenters. The van der Waals surface area contributed by atoms with Crippen LogP contribution in [0, 0.1) is 0 Å². The van der Waals surface area contributed by atoms with E-state index in [4.69, 9.17) is 14.2 Å². The molecule has 4 rings (SSSR count). The first-order valence-electron chi connectivity index (χ1n) is 13.6. The first-order chi connectivity index (χ1) is 18.8. The van der Waals surface area contributed by atoms with Crippen LogP contribution in [0.3, 0.4) is 0 Å². The SMILES string of the molecule is CC(C)(C)OC(=O)N[C@@H]1c2cc(CC(=O)N3CCN(Cc4ccccc4)CC3)ccc2OC(C)(C)[C@H]1OC(=O)O. The summed E-state index contributed by atoms with van der Waals surface area (Å²) in [4.78, 5) is 41.7. The number of hydrogen-bond acceptors (Lipinski definition) is 7. The third-order valence-electron chi connectivity index (χ3n) is 7.00. The van der Waals surface area contributed by atoms with Crippen molar-refractivity contribution in [2.45, 2.75) is 70.9 Å². The topological polar surface area (TPSA) is 118 Å². The molecule has 2 aromatic rings. The van der Waals surface area contributed by atoms with E-state index in [2.05, 4.69) is 22.3 Å². The Morgan fingerprint density at radius 3 is 2.33 bits per heavy atom. The van der Waals surface area contributed by atoms with Crippen molar-refractivity contribution >= 4 is 18.2 Å². The molecule has 0 aromatic heterocycles. The molecule has 2 aliphatic rings. The molecule has 1 fully saturated rings. The van der Waals surface area contributed by atoms with Gasteiger partial charge in [0.15, 0.2) is 6.10 Å². The van der Waals surface area contributed by atoms with Crippen LogP contribution in [0.15, 0.2) is 48.5 Å². The van der Waals surface area contributed by atoms with Gasteiger partial charge in [-0.15, -0.1) is 0 Å². The second kappa shape index (κ2) is 11.8. The number of benzene rings is 2. The van der Waals surface area contributed by atoms with E-state index in [-0.39, 0.29) is 12.3 Å². The van der Waals surface area contributed by atoms with Crippen LogP contribution in [0.25, 0.3) is 0 Å². The predicted molar refractivity (Wildman–Crippen MR) is 148 cm³/mol. The van der Waals surface area contributed by atoms with Crippen LogP contribution in [0.1, 0.15) is 57.4 Å². The Morgan fingerprint density at radius 1 is 1.02 bits per heavy atom. The van der Waals surface area contributed by atoms with Gasteiger partial charge in [0.1, 0.15) is 23.0 Å². The van der Waals surface area contributed by atoms with Gasteiger partial charge >= 0.3 is 12.2 Å². The second-order valence-corrected chi connectivity index (χ2v) is 11.8. The van der Waals surface area contributed by atoms with Gasteiger partial charge in [-0.3, -0.25) is 9.69 Å². The van der Waals surface area contributed by atoms with Crippen LogP contribution in [0.5, 0.6) is 5.75 Å². The third kappa shape index (κ3) is 7.44. The summed E-state index contributed by atoms with van der Waals surface area (Å²) in [5.41, 5.74) is 0.664. The summed E-state index contributed by atoms with van der Waals surface area (Å²) in [6, 6.07) is 14.7. The molecule has 2 aromatic carbocycles. The second-order valence-electron chi connectivity index (χ2n) is 11.8. The predicted octanol–water partition coefficient (Wildman–Crippen LogP) is 4.37. The fourth-order valence-corrected chi connectivity index (χ4v) is 5.14. The van der Waals surface area contributed by atoms with E-state index in [0.717, 1.165) is 25.2 Å². The van der Waals surface area contributed by atoms with E-state index < -0.39 is 35.6 Å². The molecule has 0 unspecified atom stereocenters. The molecule has 216 valence electrons. The van der Waals surface area contributed by atoms with Gasteiger partial charge in [0, 0.05) is 38.3 Å². The highest BCUT2D eigenvalue weighted by Gasteiger charge is 2.48. The molecule has 2 amide bonds. The molecule has 0 radical (unpaired) electrons. The molecule has 40 heavy (non-hydrogen) atoms. The van der Waals surface area contributed by atoms with Gasteiger partial charge in [0.05, 0.1) is 6.42 Å². The van der Waals surface area contributed by atoms with Gasteiger partial charge < -0.3 is 29.5 Å². The Balaban J connectivity index is 1.48. The molecule has 2 aliphatic heterocycles. The van der Waals surface area contributed by atoms with Crippen molar-refractivity contribution in [1.82, 2.24) is 15.1 Å². The minimum absolute atomic E-state index is 0.00589. The number of nitrogens with zero attached hydrogens (tertiary/aromatic N) is 2. The van der Waals surface area contributed by atoms with Crippen molar-refractivity contribution in [3.63, 3.8) is 0 Å². The largest absolute Gasteiger partial charge is 0.506 e. The zero-order valence-electron chi connectivity index (χ0n) is 23.8. The van der Waals surface area contributed by atoms with E-state index in [0.29, 0.717) is 24.4 Å². The summed E-state index contributed by atoms with van der Waals surface area (Å²) in [6.07, 6.45) is -3.10. The smallest absolute Gasteiger partial charge is 0.484 e. The zero-order valence-corrected chi connectivity index (χ0v) is 23.8. The Kier molecular flexibility index (Phi) is 8.58. The Bertz CT molecular complexity index is 1220. The number of rotatable bonds is 6. The maximum Gasteiger partial charge on any atom is 0.506 e. The fraction of sp³-hybridized carbons (Fsp3) is 0.500. The standard InChI is InChI=1S/C30H39N3O7/c1-29(2,3)40-27(35)31-25-22-17-21(11-12-23(22)39-30(4,5)26(25)38-28(36)37)18-24(34)33-15-13-32(14-16-33)19-20-9-7-6-8-10-20/h6-12,17,25-26H,13-16,18-19H2,1-5H3,(H,31,35)(H,36,37)/t25-,26+/m1/s1. The lowest BCUT2D eigenvalue weighted by molar-refractivity contribution is -0.132. The molecule has 10 heteroatoms. The fourth-order valence-electron chi connectivity index (χ4n) is 5.14. The molecule has 10 nitrogen and oxygen atoms in total. The van der Waals surface area contributed by atoms with Gasteiger partial charge in [-0.05, 0) is 57.9 Å². The molecule has 2 N–H and O–H groups in total. The molecular formula is C30H39N3O7.